The van der Waals surface area contributed by atoms with Crippen LogP contribution in [0.5, 0.6) is 0 Å². The van der Waals surface area contributed by atoms with E-state index in [1.165, 1.54) is 0 Å². The molecule has 0 radical (unpaired) electrons. The molecule has 1 rings (SSSR count). The van der Waals surface area contributed by atoms with Crippen LogP contribution in [-0.2, 0) is 0 Å². The van der Waals surface area contributed by atoms with E-state index in [4.69, 9.17) is 5.26 Å². The molecule has 0 bridgehead atoms. The van der Waals surface area contributed by atoms with Gasteiger partial charge < -0.3 is 0 Å². The molecule has 0 aromatic carbocycles. The summed E-state index contributed by atoms with van der Waals surface area (Å²) in [6, 6.07) is 3.85. The van der Waals surface area contributed by atoms with Gasteiger partial charge in [-0.25, -0.2) is 9.97 Å². The first-order chi connectivity index (χ1) is 5.83. The standard InChI is InChI=1S/C9H9N3/c1-8-5-7-11-9(12-8)4-2-3-6-10/h2,4-5,7H,3H2,1H3. The van der Waals surface area contributed by atoms with Crippen molar-refractivity contribution in [2.75, 3.05) is 0 Å². The summed E-state index contributed by atoms with van der Waals surface area (Å²) < 4.78 is 0. The van der Waals surface area contributed by atoms with Crippen LogP contribution >= 0.6 is 0 Å². The molecule has 1 aromatic heterocycles. The highest BCUT2D eigenvalue weighted by atomic mass is 14.9. The second kappa shape index (κ2) is 4.24. The van der Waals surface area contributed by atoms with Gasteiger partial charge in [0.15, 0.2) is 5.82 Å². The van der Waals surface area contributed by atoms with E-state index in [1.807, 2.05) is 19.1 Å². The van der Waals surface area contributed by atoms with Crippen LogP contribution in [0.15, 0.2) is 18.3 Å². The molecule has 1 aromatic rings. The van der Waals surface area contributed by atoms with Crippen LogP contribution in [0.3, 0.4) is 0 Å². The molecular formula is C9H9N3. The number of nitriles is 1. The molecule has 0 fully saturated rings. The van der Waals surface area contributed by atoms with E-state index in [9.17, 15) is 0 Å². The molecule has 0 N–H and O–H groups in total. The maximum absolute atomic E-state index is 8.26. The molecule has 0 aliphatic carbocycles. The van der Waals surface area contributed by atoms with Crippen molar-refractivity contribution in [1.82, 2.24) is 9.97 Å². The second-order valence-corrected chi connectivity index (χ2v) is 2.32. The minimum Gasteiger partial charge on any atom is -0.237 e. The lowest BCUT2D eigenvalue weighted by atomic mass is 10.4. The molecule has 0 aliphatic heterocycles. The maximum Gasteiger partial charge on any atom is 0.151 e. The van der Waals surface area contributed by atoms with Crippen LogP contribution in [0.1, 0.15) is 17.9 Å². The fourth-order valence-corrected chi connectivity index (χ4v) is 0.766. The number of nitrogens with zero attached hydrogens (tertiary/aromatic N) is 3. The summed E-state index contributed by atoms with van der Waals surface area (Å²) in [5, 5.41) is 8.26. The van der Waals surface area contributed by atoms with Crippen LogP contribution in [0.25, 0.3) is 6.08 Å². The van der Waals surface area contributed by atoms with Gasteiger partial charge in [-0.3, -0.25) is 0 Å². The first-order valence-corrected chi connectivity index (χ1v) is 3.66. The average molecular weight is 159 g/mol. The Labute approximate surface area is 71.4 Å². The minimum absolute atomic E-state index is 0.400. The summed E-state index contributed by atoms with van der Waals surface area (Å²) in [6.07, 6.45) is 5.59. The topological polar surface area (TPSA) is 49.6 Å². The first kappa shape index (κ1) is 8.41. The van der Waals surface area contributed by atoms with Gasteiger partial charge in [0.05, 0.1) is 12.5 Å². The van der Waals surface area contributed by atoms with E-state index in [0.717, 1.165) is 5.69 Å². The van der Waals surface area contributed by atoms with Gasteiger partial charge in [0.2, 0.25) is 0 Å². The van der Waals surface area contributed by atoms with E-state index in [0.29, 0.717) is 12.2 Å². The van der Waals surface area contributed by atoms with Gasteiger partial charge in [-0.2, -0.15) is 5.26 Å². The fourth-order valence-electron chi connectivity index (χ4n) is 0.766. The zero-order valence-electron chi connectivity index (χ0n) is 6.86. The lowest BCUT2D eigenvalue weighted by molar-refractivity contribution is 1.07. The second-order valence-electron chi connectivity index (χ2n) is 2.32. The summed E-state index contributed by atoms with van der Waals surface area (Å²) >= 11 is 0. The molecule has 3 heteroatoms. The van der Waals surface area contributed by atoms with Crippen molar-refractivity contribution in [2.45, 2.75) is 13.3 Å². The van der Waals surface area contributed by atoms with Gasteiger partial charge >= 0.3 is 0 Å². The van der Waals surface area contributed by atoms with Crippen molar-refractivity contribution < 1.29 is 0 Å². The Bertz CT molecular complexity index is 323. The smallest absolute Gasteiger partial charge is 0.151 e. The maximum atomic E-state index is 8.26. The van der Waals surface area contributed by atoms with Crippen molar-refractivity contribution in [2.24, 2.45) is 0 Å². The van der Waals surface area contributed by atoms with Gasteiger partial charge in [0.25, 0.3) is 0 Å². The number of hydrogen-bond acceptors (Lipinski definition) is 3. The molecule has 0 amide bonds. The summed E-state index contributed by atoms with van der Waals surface area (Å²) in [7, 11) is 0. The number of aryl methyl sites for hydroxylation is 1. The molecule has 3 nitrogen and oxygen atoms in total. The van der Waals surface area contributed by atoms with Crippen LogP contribution < -0.4 is 0 Å². The molecule has 0 atom stereocenters. The molecule has 0 spiro atoms. The van der Waals surface area contributed by atoms with Crippen molar-refractivity contribution in [1.29, 1.82) is 5.26 Å². The molecule has 12 heavy (non-hydrogen) atoms. The fraction of sp³-hybridized carbons (Fsp3) is 0.222. The first-order valence-electron chi connectivity index (χ1n) is 3.66. The molecule has 0 unspecified atom stereocenters. The Morgan fingerprint density at radius 3 is 3.17 bits per heavy atom. The monoisotopic (exact) mass is 159 g/mol. The Morgan fingerprint density at radius 1 is 1.67 bits per heavy atom. The van der Waals surface area contributed by atoms with Crippen LogP contribution in [0, 0.1) is 18.3 Å². The van der Waals surface area contributed by atoms with Crippen molar-refractivity contribution in [3.05, 3.63) is 29.9 Å². The predicted molar refractivity (Wildman–Crippen MR) is 46.0 cm³/mol. The highest BCUT2D eigenvalue weighted by molar-refractivity contribution is 5.39. The third-order valence-electron chi connectivity index (χ3n) is 1.29. The normalized spacial score (nSPS) is 10.0. The Kier molecular flexibility index (Phi) is 2.97. The summed E-state index contributed by atoms with van der Waals surface area (Å²) in [5.74, 6) is 0.658. The van der Waals surface area contributed by atoms with E-state index in [2.05, 4.69) is 9.97 Å². The number of rotatable bonds is 2. The third kappa shape index (κ3) is 2.51. The van der Waals surface area contributed by atoms with E-state index >= 15 is 0 Å². The van der Waals surface area contributed by atoms with Gasteiger partial charge in [-0.1, -0.05) is 6.08 Å². The lowest BCUT2D eigenvalue weighted by Crippen LogP contribution is -1.87. The van der Waals surface area contributed by atoms with Gasteiger partial charge in [-0.15, -0.1) is 0 Å². The largest absolute Gasteiger partial charge is 0.237 e. The van der Waals surface area contributed by atoms with Crippen LogP contribution in [-0.4, -0.2) is 9.97 Å². The quantitative estimate of drug-likeness (QED) is 0.660. The van der Waals surface area contributed by atoms with E-state index in [1.54, 1.807) is 18.3 Å². The Hall–Kier alpha value is -1.69. The molecule has 0 saturated heterocycles. The number of allylic oxidation sites excluding steroid dienone is 1. The molecule has 1 heterocycles. The highest BCUT2D eigenvalue weighted by Crippen LogP contribution is 1.96. The van der Waals surface area contributed by atoms with Crippen LogP contribution in [0.2, 0.25) is 0 Å². The molecule has 0 saturated carbocycles. The Balaban J connectivity index is 2.71. The molecule has 60 valence electrons. The third-order valence-corrected chi connectivity index (χ3v) is 1.29. The average Bonchev–Trinajstić information content (AvgIpc) is 2.05. The van der Waals surface area contributed by atoms with E-state index < -0.39 is 0 Å². The summed E-state index contributed by atoms with van der Waals surface area (Å²) in [4.78, 5) is 8.14. The SMILES string of the molecule is Cc1ccnc(C=CCC#N)n1. The summed E-state index contributed by atoms with van der Waals surface area (Å²) in [6.45, 7) is 1.91. The number of hydrogen-bond donors (Lipinski definition) is 0. The lowest BCUT2D eigenvalue weighted by Gasteiger charge is -1.91. The van der Waals surface area contributed by atoms with Crippen molar-refractivity contribution in [3.8, 4) is 6.07 Å². The zero-order chi connectivity index (χ0) is 8.81. The van der Waals surface area contributed by atoms with Gasteiger partial charge in [-0.05, 0) is 19.1 Å². The Morgan fingerprint density at radius 2 is 2.50 bits per heavy atom. The van der Waals surface area contributed by atoms with Gasteiger partial charge in [0, 0.05) is 11.9 Å². The highest BCUT2D eigenvalue weighted by Gasteiger charge is 1.88. The molecular weight excluding hydrogens is 150 g/mol. The number of aromatic nitrogens is 2. The molecule has 0 aliphatic rings. The van der Waals surface area contributed by atoms with Crippen LogP contribution in [0.4, 0.5) is 0 Å². The summed E-state index contributed by atoms with van der Waals surface area (Å²) in [5.41, 5.74) is 0.932. The predicted octanol–water partition coefficient (Wildman–Crippen LogP) is 1.71. The van der Waals surface area contributed by atoms with E-state index in [-0.39, 0.29) is 0 Å². The van der Waals surface area contributed by atoms with Crippen molar-refractivity contribution in [3.63, 3.8) is 0 Å². The minimum atomic E-state index is 0.400. The van der Waals surface area contributed by atoms with Crippen molar-refractivity contribution >= 4 is 6.08 Å². The van der Waals surface area contributed by atoms with Gasteiger partial charge in [0.1, 0.15) is 0 Å². The zero-order valence-corrected chi connectivity index (χ0v) is 6.86.